The number of rotatable bonds is 10. The standard InChI is InChI=1S/C24H26BrFN4O3.C23H23FN6O.C3H4O2/c1-24(2,3)33-23(31)30-9-7-18(8-10-30)32-21-13-20-15(11-19(21)25)14-27-22(29-20)28-17-6-4-5-16(26)12-17;1-14-12-26-22(28-14)19-9-15-13-27-23(29-17-4-2-3-16(24)10-17)30-20(15)11-21(19)31-18-5-7-25-8-6-18;1-3(5)2-4/h4-6,11-14,18H,7-10H2,1-3H3,(H,27,28,29);2-4,9-13,18,25H,5-8H2,1H3,(H,26,28)(H,27,29,30);2H,1H3. The van der Waals surface area contributed by atoms with Crippen molar-refractivity contribution in [2.45, 2.75) is 78.1 Å². The van der Waals surface area contributed by atoms with Crippen molar-refractivity contribution >= 4 is 79.2 Å². The molecule has 3 aromatic heterocycles. The number of carbonyl (C=O) groups is 3. The molecule has 0 radical (unpaired) electrons. The van der Waals surface area contributed by atoms with Crippen molar-refractivity contribution < 1.29 is 37.4 Å². The zero-order chi connectivity index (χ0) is 49.1. The highest BCUT2D eigenvalue weighted by Gasteiger charge is 2.28. The molecular weight excluding hydrogens is 955 g/mol. The predicted molar refractivity (Wildman–Crippen MR) is 263 cm³/mol. The molecule has 1 amide bonds. The monoisotopic (exact) mass is 1010 g/mol. The first kappa shape index (κ1) is 49.8. The van der Waals surface area contributed by atoms with Gasteiger partial charge in [-0.15, -0.1) is 0 Å². The second-order valence-corrected chi connectivity index (χ2v) is 18.3. The molecule has 2 fully saturated rings. The molecule has 0 spiro atoms. The van der Waals surface area contributed by atoms with Crippen LogP contribution in [0.15, 0.2) is 95.9 Å². The van der Waals surface area contributed by atoms with Crippen molar-refractivity contribution in [2.24, 2.45) is 0 Å². The fourth-order valence-electron chi connectivity index (χ4n) is 7.28. The van der Waals surface area contributed by atoms with Crippen LogP contribution in [0.3, 0.4) is 0 Å². The summed E-state index contributed by atoms with van der Waals surface area (Å²) < 4.78 is 45.9. The van der Waals surface area contributed by atoms with Gasteiger partial charge in [0.15, 0.2) is 12.1 Å². The highest BCUT2D eigenvalue weighted by Crippen LogP contribution is 2.35. The third kappa shape index (κ3) is 14.4. The number of imidazole rings is 1. The van der Waals surface area contributed by atoms with Crippen LogP contribution in [0.2, 0.25) is 0 Å². The van der Waals surface area contributed by atoms with Gasteiger partial charge < -0.3 is 40.0 Å². The number of carbonyl (C=O) groups excluding carboxylic acids is 3. The van der Waals surface area contributed by atoms with Gasteiger partial charge in [-0.1, -0.05) is 12.1 Å². The lowest BCUT2D eigenvalue weighted by molar-refractivity contribution is -0.128. The summed E-state index contributed by atoms with van der Waals surface area (Å²) >= 11 is 3.57. The predicted octanol–water partition coefficient (Wildman–Crippen LogP) is 10.2. The summed E-state index contributed by atoms with van der Waals surface area (Å²) in [6.45, 7) is 11.8. The Morgan fingerprint density at radius 1 is 0.768 bits per heavy atom. The van der Waals surface area contributed by atoms with Gasteiger partial charge in [-0.25, -0.2) is 38.5 Å². The second-order valence-electron chi connectivity index (χ2n) is 17.4. The highest BCUT2D eigenvalue weighted by atomic mass is 79.9. The molecule has 7 aromatic rings. The summed E-state index contributed by atoms with van der Waals surface area (Å²) in [6.07, 6.45) is 8.67. The number of fused-ring (bicyclic) bond motifs is 2. The van der Waals surface area contributed by atoms with Crippen molar-refractivity contribution in [1.82, 2.24) is 40.1 Å². The Balaban J connectivity index is 0.000000186. The number of piperidine rings is 2. The molecule has 0 aliphatic carbocycles. The number of ketones is 1. The molecule has 0 unspecified atom stereocenters. The Bertz CT molecular complexity index is 2920. The largest absolute Gasteiger partial charge is 0.489 e. The number of hydrogen-bond donors (Lipinski definition) is 4. The Morgan fingerprint density at radius 2 is 1.30 bits per heavy atom. The number of aromatic nitrogens is 6. The van der Waals surface area contributed by atoms with E-state index in [0.717, 1.165) is 69.5 Å². The molecule has 19 heteroatoms. The Kier molecular flexibility index (Phi) is 16.4. The van der Waals surface area contributed by atoms with Gasteiger partial charge in [-0.05, 0) is 118 Å². The first-order valence-corrected chi connectivity index (χ1v) is 23.2. The van der Waals surface area contributed by atoms with Crippen molar-refractivity contribution in [1.29, 1.82) is 0 Å². The number of aldehydes is 1. The molecule has 69 heavy (non-hydrogen) atoms. The van der Waals surface area contributed by atoms with E-state index in [1.807, 2.05) is 52.0 Å². The SMILES string of the molecule is CC(=O)C=O.CC(C)(C)OC(=O)N1CCC(Oc2cc3nc(Nc4cccc(F)c4)ncc3cc2Br)CC1.Cc1cnc(-c2cc3cnc(Nc4cccc(F)c4)nc3cc2OC2CCNCC2)[nH]1. The van der Waals surface area contributed by atoms with Gasteiger partial charge in [0.05, 0.1) is 21.1 Å². The van der Waals surface area contributed by atoms with E-state index in [1.165, 1.54) is 31.2 Å². The van der Waals surface area contributed by atoms with E-state index in [2.05, 4.69) is 61.8 Å². The molecule has 2 aliphatic heterocycles. The van der Waals surface area contributed by atoms with E-state index < -0.39 is 11.4 Å². The lowest BCUT2D eigenvalue weighted by atomic mass is 10.1. The van der Waals surface area contributed by atoms with Crippen LogP contribution in [0.4, 0.5) is 36.8 Å². The quantitative estimate of drug-likeness (QED) is 0.0745. The minimum Gasteiger partial charge on any atom is -0.489 e. The minimum atomic E-state index is -0.509. The summed E-state index contributed by atoms with van der Waals surface area (Å²) in [7, 11) is 0. The van der Waals surface area contributed by atoms with Crippen molar-refractivity contribution in [3.63, 3.8) is 0 Å². The number of H-pyrrole nitrogens is 1. The van der Waals surface area contributed by atoms with Crippen LogP contribution in [0.1, 0.15) is 59.1 Å². The first-order valence-electron chi connectivity index (χ1n) is 22.4. The number of ether oxygens (including phenoxy) is 3. The van der Waals surface area contributed by atoms with Crippen LogP contribution in [0.5, 0.6) is 11.5 Å². The lowest BCUT2D eigenvalue weighted by Crippen LogP contribution is -2.44. The summed E-state index contributed by atoms with van der Waals surface area (Å²) in [4.78, 5) is 58.3. The fourth-order valence-corrected chi connectivity index (χ4v) is 7.73. The third-order valence-electron chi connectivity index (χ3n) is 10.6. The lowest BCUT2D eigenvalue weighted by Gasteiger charge is -2.33. The van der Waals surface area contributed by atoms with Gasteiger partial charge in [-0.3, -0.25) is 9.59 Å². The molecule has 5 heterocycles. The van der Waals surface area contributed by atoms with Crippen LogP contribution in [0.25, 0.3) is 33.2 Å². The number of aryl methyl sites for hydroxylation is 1. The number of hydrogen-bond acceptors (Lipinski definition) is 14. The molecule has 0 atom stereocenters. The molecule has 0 bridgehead atoms. The van der Waals surface area contributed by atoms with Crippen LogP contribution in [0, 0.1) is 18.6 Å². The third-order valence-corrected chi connectivity index (χ3v) is 11.2. The molecule has 2 saturated heterocycles. The number of nitrogens with zero attached hydrogens (tertiary/aromatic N) is 6. The summed E-state index contributed by atoms with van der Waals surface area (Å²) in [5.41, 5.74) is 3.96. The summed E-state index contributed by atoms with van der Waals surface area (Å²) in [5.74, 6) is 1.85. The number of anilines is 4. The number of nitrogens with one attached hydrogen (secondary N) is 4. The van der Waals surface area contributed by atoms with Gasteiger partial charge >= 0.3 is 6.09 Å². The molecule has 2 aliphatic rings. The summed E-state index contributed by atoms with van der Waals surface area (Å²) in [6, 6.07) is 20.0. The van der Waals surface area contributed by atoms with Crippen LogP contribution >= 0.6 is 15.9 Å². The zero-order valence-corrected chi connectivity index (χ0v) is 40.4. The highest BCUT2D eigenvalue weighted by molar-refractivity contribution is 9.10. The minimum absolute atomic E-state index is 0.0239. The topological polar surface area (TPSA) is 198 Å². The maximum atomic E-state index is 13.5. The van der Waals surface area contributed by atoms with Crippen molar-refractivity contribution in [3.05, 3.63) is 113 Å². The first-order chi connectivity index (χ1) is 33.1. The molecule has 4 aromatic carbocycles. The maximum absolute atomic E-state index is 13.5. The van der Waals surface area contributed by atoms with E-state index >= 15 is 0 Å². The van der Waals surface area contributed by atoms with Gasteiger partial charge in [-0.2, -0.15) is 0 Å². The van der Waals surface area contributed by atoms with E-state index in [-0.39, 0.29) is 36.2 Å². The number of benzene rings is 4. The van der Waals surface area contributed by atoms with Gasteiger partial charge in [0.2, 0.25) is 11.9 Å². The number of halogens is 3. The Labute approximate surface area is 406 Å². The number of Topliss-reactive ketones (excluding diaryl/α,β-unsaturated/α-hetero) is 1. The molecular formula is C50H53BrF2N10O6. The van der Waals surface area contributed by atoms with E-state index in [4.69, 9.17) is 19.0 Å². The number of aromatic amines is 1. The fraction of sp³-hybridized carbons (Fsp3) is 0.320. The van der Waals surface area contributed by atoms with Gasteiger partial charge in [0.1, 0.15) is 46.8 Å². The zero-order valence-electron chi connectivity index (χ0n) is 38.8. The van der Waals surface area contributed by atoms with E-state index in [0.29, 0.717) is 60.5 Å². The molecule has 0 saturated carbocycles. The summed E-state index contributed by atoms with van der Waals surface area (Å²) in [5, 5.41) is 11.2. The van der Waals surface area contributed by atoms with E-state index in [1.54, 1.807) is 47.8 Å². The second kappa shape index (κ2) is 22.8. The van der Waals surface area contributed by atoms with Crippen LogP contribution in [-0.4, -0.2) is 97.0 Å². The van der Waals surface area contributed by atoms with Gasteiger partial charge in [0.25, 0.3) is 0 Å². The normalized spacial score (nSPS) is 14.2. The Hall–Kier alpha value is -7.12. The smallest absolute Gasteiger partial charge is 0.410 e. The number of amides is 1. The number of likely N-dealkylation sites (tertiary alicyclic amines) is 1. The van der Waals surface area contributed by atoms with Gasteiger partial charge in [0, 0.05) is 91.4 Å². The average molecular weight is 1010 g/mol. The Morgan fingerprint density at radius 3 is 1.83 bits per heavy atom. The molecule has 4 N–H and O–H groups in total. The van der Waals surface area contributed by atoms with Crippen molar-refractivity contribution in [3.8, 4) is 22.9 Å². The average Bonchev–Trinajstić information content (AvgIpc) is 3.75. The maximum Gasteiger partial charge on any atom is 0.410 e. The molecule has 9 rings (SSSR count). The van der Waals surface area contributed by atoms with Crippen LogP contribution in [-0.2, 0) is 14.3 Å². The van der Waals surface area contributed by atoms with E-state index in [9.17, 15) is 18.4 Å². The molecule has 360 valence electrons. The van der Waals surface area contributed by atoms with Crippen molar-refractivity contribution in [2.75, 3.05) is 36.8 Å². The molecule has 16 nitrogen and oxygen atoms in total. The van der Waals surface area contributed by atoms with Crippen LogP contribution < -0.4 is 25.4 Å².